The van der Waals surface area contributed by atoms with Crippen LogP contribution in [0.4, 0.5) is 11.4 Å². The van der Waals surface area contributed by atoms with Gasteiger partial charge in [0.1, 0.15) is 0 Å². The van der Waals surface area contributed by atoms with Crippen molar-refractivity contribution in [1.82, 2.24) is 19.7 Å². The predicted octanol–water partition coefficient (Wildman–Crippen LogP) is 3.99. The van der Waals surface area contributed by atoms with Crippen LogP contribution in [0.3, 0.4) is 0 Å². The highest BCUT2D eigenvalue weighted by molar-refractivity contribution is 7.99. The third kappa shape index (κ3) is 4.99. The van der Waals surface area contributed by atoms with Crippen LogP contribution < -0.4 is 10.2 Å². The standard InChI is InChI=1S/C22H26N6OS/c1-27-21(17-7-6-12-23-15-17)25-26-22(27)30-16-20(29)24-18-8-10-19(11-9-18)28-13-4-2-3-5-14-28/h6-12,15H,2-5,13-14,16H2,1H3,(H,24,29). The fourth-order valence-corrected chi connectivity index (χ4v) is 4.31. The van der Waals surface area contributed by atoms with E-state index in [0.717, 1.165) is 30.2 Å². The lowest BCUT2D eigenvalue weighted by Crippen LogP contribution is -2.23. The molecule has 156 valence electrons. The number of amides is 1. The molecule has 1 amide bonds. The Labute approximate surface area is 180 Å². The molecule has 0 bridgehead atoms. The van der Waals surface area contributed by atoms with Crippen LogP contribution in [-0.4, -0.2) is 44.5 Å². The van der Waals surface area contributed by atoms with Gasteiger partial charge in [0.05, 0.1) is 5.75 Å². The largest absolute Gasteiger partial charge is 0.372 e. The maximum atomic E-state index is 12.4. The Bertz CT molecular complexity index is 965. The number of carbonyl (C=O) groups excluding carboxylic acids is 1. The van der Waals surface area contributed by atoms with Crippen molar-refractivity contribution in [1.29, 1.82) is 0 Å². The van der Waals surface area contributed by atoms with Gasteiger partial charge in [-0.1, -0.05) is 24.6 Å². The van der Waals surface area contributed by atoms with Crippen molar-refractivity contribution in [2.45, 2.75) is 30.8 Å². The van der Waals surface area contributed by atoms with Crippen LogP contribution in [0.25, 0.3) is 11.4 Å². The van der Waals surface area contributed by atoms with Crippen LogP contribution in [0.5, 0.6) is 0 Å². The maximum absolute atomic E-state index is 12.4. The second-order valence-electron chi connectivity index (χ2n) is 7.39. The Morgan fingerprint density at radius 1 is 1.07 bits per heavy atom. The number of carbonyl (C=O) groups is 1. The van der Waals surface area contributed by atoms with Crippen molar-refractivity contribution in [3.05, 3.63) is 48.8 Å². The smallest absolute Gasteiger partial charge is 0.234 e. The zero-order chi connectivity index (χ0) is 20.8. The molecule has 0 radical (unpaired) electrons. The minimum atomic E-state index is -0.0616. The molecule has 7 nitrogen and oxygen atoms in total. The van der Waals surface area contributed by atoms with Gasteiger partial charge in [0, 0.05) is 49.5 Å². The third-order valence-electron chi connectivity index (χ3n) is 5.21. The summed E-state index contributed by atoms with van der Waals surface area (Å²) in [5, 5.41) is 12.1. The zero-order valence-electron chi connectivity index (χ0n) is 17.1. The molecule has 0 unspecified atom stereocenters. The first-order chi connectivity index (χ1) is 14.7. The van der Waals surface area contributed by atoms with Crippen LogP contribution in [0.15, 0.2) is 53.9 Å². The molecule has 2 aromatic heterocycles. The summed E-state index contributed by atoms with van der Waals surface area (Å²) in [6.45, 7) is 2.22. The Morgan fingerprint density at radius 3 is 2.53 bits per heavy atom. The van der Waals surface area contributed by atoms with Gasteiger partial charge in [0.25, 0.3) is 0 Å². The molecule has 0 saturated carbocycles. The van der Waals surface area contributed by atoms with E-state index >= 15 is 0 Å². The predicted molar refractivity (Wildman–Crippen MR) is 121 cm³/mol. The first kappa shape index (κ1) is 20.4. The van der Waals surface area contributed by atoms with Gasteiger partial charge in [0.15, 0.2) is 11.0 Å². The van der Waals surface area contributed by atoms with Crippen molar-refractivity contribution in [3.63, 3.8) is 0 Å². The molecular formula is C22H26N6OS. The van der Waals surface area contributed by atoms with Gasteiger partial charge in [-0.3, -0.25) is 9.78 Å². The number of nitrogens with one attached hydrogen (secondary N) is 1. The molecule has 1 aromatic carbocycles. The Balaban J connectivity index is 1.31. The quantitative estimate of drug-likeness (QED) is 0.606. The summed E-state index contributed by atoms with van der Waals surface area (Å²) >= 11 is 1.37. The molecule has 1 N–H and O–H groups in total. The fraction of sp³-hybridized carbons (Fsp3) is 0.364. The van der Waals surface area contributed by atoms with Crippen molar-refractivity contribution >= 4 is 29.0 Å². The number of aromatic nitrogens is 4. The molecule has 4 rings (SSSR count). The average Bonchev–Trinajstić information content (AvgIpc) is 2.96. The van der Waals surface area contributed by atoms with E-state index < -0.39 is 0 Å². The number of nitrogens with zero attached hydrogens (tertiary/aromatic N) is 5. The van der Waals surface area contributed by atoms with E-state index in [1.54, 1.807) is 12.4 Å². The topological polar surface area (TPSA) is 75.9 Å². The van der Waals surface area contributed by atoms with Crippen LogP contribution in [-0.2, 0) is 11.8 Å². The highest BCUT2D eigenvalue weighted by atomic mass is 32.2. The molecule has 3 heterocycles. The van der Waals surface area contributed by atoms with E-state index in [2.05, 4.69) is 37.5 Å². The molecule has 1 aliphatic heterocycles. The summed E-state index contributed by atoms with van der Waals surface area (Å²) < 4.78 is 1.88. The molecule has 30 heavy (non-hydrogen) atoms. The minimum Gasteiger partial charge on any atom is -0.372 e. The first-order valence-electron chi connectivity index (χ1n) is 10.3. The molecule has 1 fully saturated rings. The summed E-state index contributed by atoms with van der Waals surface area (Å²) in [5.41, 5.74) is 2.94. The molecule has 0 spiro atoms. The summed E-state index contributed by atoms with van der Waals surface area (Å²) in [7, 11) is 1.89. The highest BCUT2D eigenvalue weighted by Crippen LogP contribution is 2.23. The molecule has 1 aliphatic rings. The number of hydrogen-bond acceptors (Lipinski definition) is 6. The minimum absolute atomic E-state index is 0.0616. The maximum Gasteiger partial charge on any atom is 0.234 e. The number of hydrogen-bond donors (Lipinski definition) is 1. The van der Waals surface area contributed by atoms with Crippen molar-refractivity contribution in [2.24, 2.45) is 7.05 Å². The molecule has 0 atom stereocenters. The van der Waals surface area contributed by atoms with E-state index in [9.17, 15) is 4.79 Å². The first-order valence-corrected chi connectivity index (χ1v) is 11.3. The van der Waals surface area contributed by atoms with Gasteiger partial charge in [-0.2, -0.15) is 0 Å². The highest BCUT2D eigenvalue weighted by Gasteiger charge is 2.14. The van der Waals surface area contributed by atoms with Crippen LogP contribution in [0.2, 0.25) is 0 Å². The van der Waals surface area contributed by atoms with Gasteiger partial charge in [0.2, 0.25) is 5.91 Å². The monoisotopic (exact) mass is 422 g/mol. The Hall–Kier alpha value is -2.87. The van der Waals surface area contributed by atoms with Crippen LogP contribution >= 0.6 is 11.8 Å². The van der Waals surface area contributed by atoms with E-state index in [-0.39, 0.29) is 11.7 Å². The molecule has 1 saturated heterocycles. The normalized spacial score (nSPS) is 14.4. The van der Waals surface area contributed by atoms with Crippen molar-refractivity contribution < 1.29 is 4.79 Å². The fourth-order valence-electron chi connectivity index (χ4n) is 3.60. The van der Waals surface area contributed by atoms with E-state index in [1.165, 1.54) is 43.1 Å². The molecule has 0 aliphatic carbocycles. The van der Waals surface area contributed by atoms with E-state index in [0.29, 0.717) is 5.16 Å². The second kappa shape index (κ2) is 9.75. The molecular weight excluding hydrogens is 396 g/mol. The number of anilines is 2. The van der Waals surface area contributed by atoms with Crippen LogP contribution in [0.1, 0.15) is 25.7 Å². The lowest BCUT2D eigenvalue weighted by Gasteiger charge is -2.22. The lowest BCUT2D eigenvalue weighted by atomic mass is 10.2. The molecule has 3 aromatic rings. The third-order valence-corrected chi connectivity index (χ3v) is 6.23. The number of pyridine rings is 1. The summed E-state index contributed by atoms with van der Waals surface area (Å²) in [4.78, 5) is 18.9. The van der Waals surface area contributed by atoms with Gasteiger partial charge in [-0.05, 0) is 49.2 Å². The summed E-state index contributed by atoms with van der Waals surface area (Å²) in [5.74, 6) is 0.941. The lowest BCUT2D eigenvalue weighted by molar-refractivity contribution is -0.113. The number of benzene rings is 1. The Kier molecular flexibility index (Phi) is 6.63. The van der Waals surface area contributed by atoms with Gasteiger partial charge < -0.3 is 14.8 Å². The van der Waals surface area contributed by atoms with Crippen molar-refractivity contribution in [3.8, 4) is 11.4 Å². The SMILES string of the molecule is Cn1c(SCC(=O)Nc2ccc(N3CCCCCC3)cc2)nnc1-c1cccnc1. The summed E-state index contributed by atoms with van der Waals surface area (Å²) in [6.07, 6.45) is 8.61. The number of thioether (sulfide) groups is 1. The van der Waals surface area contributed by atoms with Crippen LogP contribution in [0, 0.1) is 0 Å². The number of rotatable bonds is 6. The van der Waals surface area contributed by atoms with Gasteiger partial charge in [-0.15, -0.1) is 10.2 Å². The van der Waals surface area contributed by atoms with Crippen molar-refractivity contribution in [2.75, 3.05) is 29.1 Å². The zero-order valence-corrected chi connectivity index (χ0v) is 17.9. The average molecular weight is 423 g/mol. The summed E-state index contributed by atoms with van der Waals surface area (Å²) in [6, 6.07) is 11.9. The van der Waals surface area contributed by atoms with Gasteiger partial charge >= 0.3 is 0 Å². The Morgan fingerprint density at radius 2 is 1.83 bits per heavy atom. The van der Waals surface area contributed by atoms with E-state index in [4.69, 9.17) is 0 Å². The van der Waals surface area contributed by atoms with Gasteiger partial charge in [-0.25, -0.2) is 0 Å². The van der Waals surface area contributed by atoms with E-state index in [1.807, 2.05) is 35.9 Å². The molecule has 8 heteroatoms. The second-order valence-corrected chi connectivity index (χ2v) is 8.33.